The second kappa shape index (κ2) is 10.8. The highest BCUT2D eigenvalue weighted by molar-refractivity contribution is 5.79. The SMILES string of the molecule is CCNC(=NCc1ccc([N+](=O)[O-])cc1)NCCc1ccc(OC)c(OC)c1. The van der Waals surface area contributed by atoms with E-state index in [-0.39, 0.29) is 5.69 Å². The third-order valence-electron chi connectivity index (χ3n) is 4.07. The number of methoxy groups -OCH3 is 2. The summed E-state index contributed by atoms with van der Waals surface area (Å²) in [5.74, 6) is 2.11. The first-order valence-corrected chi connectivity index (χ1v) is 9.03. The number of hydrogen-bond donors (Lipinski definition) is 2. The highest BCUT2D eigenvalue weighted by Crippen LogP contribution is 2.27. The number of nitro groups is 1. The second-order valence-corrected chi connectivity index (χ2v) is 5.98. The summed E-state index contributed by atoms with van der Waals surface area (Å²) in [5, 5.41) is 17.2. The maximum Gasteiger partial charge on any atom is 0.269 e. The molecule has 0 radical (unpaired) electrons. The first-order valence-electron chi connectivity index (χ1n) is 9.03. The van der Waals surface area contributed by atoms with Gasteiger partial charge in [0.2, 0.25) is 0 Å². The molecule has 0 spiro atoms. The van der Waals surface area contributed by atoms with E-state index in [4.69, 9.17) is 9.47 Å². The van der Waals surface area contributed by atoms with E-state index in [9.17, 15) is 10.1 Å². The van der Waals surface area contributed by atoms with Gasteiger partial charge in [0.25, 0.3) is 5.69 Å². The third kappa shape index (κ3) is 6.15. The lowest BCUT2D eigenvalue weighted by Gasteiger charge is -2.12. The molecule has 0 aliphatic carbocycles. The molecule has 2 N–H and O–H groups in total. The Kier molecular flexibility index (Phi) is 8.08. The van der Waals surface area contributed by atoms with Gasteiger partial charge in [0, 0.05) is 25.2 Å². The summed E-state index contributed by atoms with van der Waals surface area (Å²) in [4.78, 5) is 14.8. The Morgan fingerprint density at radius 3 is 2.32 bits per heavy atom. The van der Waals surface area contributed by atoms with E-state index in [1.165, 1.54) is 12.1 Å². The number of rotatable bonds is 9. The molecule has 2 rings (SSSR count). The van der Waals surface area contributed by atoms with E-state index < -0.39 is 4.92 Å². The van der Waals surface area contributed by atoms with Crippen molar-refractivity contribution in [3.63, 3.8) is 0 Å². The van der Waals surface area contributed by atoms with Crippen LogP contribution in [-0.2, 0) is 13.0 Å². The molecule has 0 saturated heterocycles. The fraction of sp³-hybridized carbons (Fsp3) is 0.350. The van der Waals surface area contributed by atoms with Crippen LogP contribution in [0.25, 0.3) is 0 Å². The van der Waals surface area contributed by atoms with Crippen molar-refractivity contribution < 1.29 is 14.4 Å². The van der Waals surface area contributed by atoms with Gasteiger partial charge in [-0.1, -0.05) is 18.2 Å². The first kappa shape index (κ1) is 21.0. The Labute approximate surface area is 164 Å². The fourth-order valence-electron chi connectivity index (χ4n) is 2.60. The van der Waals surface area contributed by atoms with E-state index >= 15 is 0 Å². The Balaban J connectivity index is 1.93. The minimum Gasteiger partial charge on any atom is -0.493 e. The van der Waals surface area contributed by atoms with Gasteiger partial charge in [-0.15, -0.1) is 0 Å². The number of hydrogen-bond acceptors (Lipinski definition) is 5. The van der Waals surface area contributed by atoms with E-state index in [1.54, 1.807) is 26.4 Å². The highest BCUT2D eigenvalue weighted by atomic mass is 16.6. The molecule has 0 bridgehead atoms. The van der Waals surface area contributed by atoms with Gasteiger partial charge in [-0.3, -0.25) is 10.1 Å². The highest BCUT2D eigenvalue weighted by Gasteiger charge is 2.06. The van der Waals surface area contributed by atoms with Crippen LogP contribution in [0.5, 0.6) is 11.5 Å². The summed E-state index contributed by atoms with van der Waals surface area (Å²) in [6.07, 6.45) is 0.794. The van der Waals surface area contributed by atoms with Gasteiger partial charge in [0.15, 0.2) is 17.5 Å². The van der Waals surface area contributed by atoms with Crippen molar-refractivity contribution >= 4 is 11.6 Å². The summed E-state index contributed by atoms with van der Waals surface area (Å²) in [5.41, 5.74) is 2.10. The van der Waals surface area contributed by atoms with E-state index in [0.29, 0.717) is 30.5 Å². The minimum absolute atomic E-state index is 0.0766. The topological polar surface area (TPSA) is 98.0 Å². The van der Waals surface area contributed by atoms with Gasteiger partial charge in [-0.25, -0.2) is 4.99 Å². The Hall–Kier alpha value is -3.29. The van der Waals surface area contributed by atoms with Crippen LogP contribution >= 0.6 is 0 Å². The van der Waals surface area contributed by atoms with Crippen LogP contribution in [0.1, 0.15) is 18.1 Å². The zero-order valence-corrected chi connectivity index (χ0v) is 16.4. The first-order chi connectivity index (χ1) is 13.6. The summed E-state index contributed by atoms with van der Waals surface area (Å²) < 4.78 is 10.6. The normalized spacial score (nSPS) is 11.0. The fourth-order valence-corrected chi connectivity index (χ4v) is 2.60. The number of nitrogens with zero attached hydrogens (tertiary/aromatic N) is 2. The van der Waals surface area contributed by atoms with Gasteiger partial charge in [-0.05, 0) is 36.6 Å². The molecule has 2 aromatic rings. The van der Waals surface area contributed by atoms with E-state index in [0.717, 1.165) is 24.1 Å². The van der Waals surface area contributed by atoms with Crippen LogP contribution in [0.3, 0.4) is 0 Å². The number of nitro benzene ring substituents is 1. The molecule has 0 saturated carbocycles. The molecule has 0 aromatic heterocycles. The van der Waals surface area contributed by atoms with Crippen LogP contribution < -0.4 is 20.1 Å². The molecule has 150 valence electrons. The van der Waals surface area contributed by atoms with Crippen LogP contribution in [0.2, 0.25) is 0 Å². The number of guanidine groups is 1. The van der Waals surface area contributed by atoms with Gasteiger partial charge in [0.1, 0.15) is 0 Å². The van der Waals surface area contributed by atoms with E-state index in [1.807, 2.05) is 25.1 Å². The number of nitrogens with one attached hydrogen (secondary N) is 2. The number of non-ortho nitro benzene ring substituents is 1. The molecule has 0 unspecified atom stereocenters. The Bertz CT molecular complexity index is 806. The van der Waals surface area contributed by atoms with Crippen molar-refractivity contribution in [2.45, 2.75) is 19.9 Å². The van der Waals surface area contributed by atoms with Gasteiger partial charge in [-0.2, -0.15) is 0 Å². The third-order valence-corrected chi connectivity index (χ3v) is 4.07. The van der Waals surface area contributed by atoms with E-state index in [2.05, 4.69) is 15.6 Å². The molecule has 2 aromatic carbocycles. The predicted octanol–water partition coefficient (Wildman–Crippen LogP) is 2.91. The zero-order chi connectivity index (χ0) is 20.4. The standard InChI is InChI=1S/C20H26N4O4/c1-4-21-20(23-14-16-5-8-17(9-6-16)24(25)26)22-12-11-15-7-10-18(27-2)19(13-15)28-3/h5-10,13H,4,11-12,14H2,1-3H3,(H2,21,22,23). The summed E-state index contributed by atoms with van der Waals surface area (Å²) in [7, 11) is 3.23. The molecule has 28 heavy (non-hydrogen) atoms. The van der Waals surface area contributed by atoms with Gasteiger partial charge < -0.3 is 20.1 Å². The average molecular weight is 386 g/mol. The molecule has 0 heterocycles. The van der Waals surface area contributed by atoms with Gasteiger partial charge >= 0.3 is 0 Å². The Morgan fingerprint density at radius 2 is 1.71 bits per heavy atom. The molecule has 0 aliphatic heterocycles. The average Bonchev–Trinajstić information content (AvgIpc) is 2.72. The van der Waals surface area contributed by atoms with Crippen LogP contribution in [0, 0.1) is 10.1 Å². The van der Waals surface area contributed by atoms with Gasteiger partial charge in [0.05, 0.1) is 25.7 Å². The zero-order valence-electron chi connectivity index (χ0n) is 16.4. The largest absolute Gasteiger partial charge is 0.493 e. The van der Waals surface area contributed by atoms with Crippen LogP contribution in [0.4, 0.5) is 5.69 Å². The molecule has 0 aliphatic rings. The second-order valence-electron chi connectivity index (χ2n) is 5.98. The van der Waals surface area contributed by atoms with Crippen molar-refractivity contribution in [3.05, 3.63) is 63.7 Å². The molecular weight excluding hydrogens is 360 g/mol. The van der Waals surface area contributed by atoms with Crippen LogP contribution in [0.15, 0.2) is 47.5 Å². The molecule has 0 atom stereocenters. The minimum atomic E-state index is -0.410. The number of benzene rings is 2. The summed E-state index contributed by atoms with van der Waals surface area (Å²) >= 11 is 0. The van der Waals surface area contributed by atoms with Crippen molar-refractivity contribution in [1.82, 2.24) is 10.6 Å². The summed E-state index contributed by atoms with van der Waals surface area (Å²) in [6, 6.07) is 12.3. The van der Waals surface area contributed by atoms with Crippen molar-refractivity contribution in [2.24, 2.45) is 4.99 Å². The maximum atomic E-state index is 10.7. The monoisotopic (exact) mass is 386 g/mol. The lowest BCUT2D eigenvalue weighted by molar-refractivity contribution is -0.384. The lowest BCUT2D eigenvalue weighted by atomic mass is 10.1. The molecule has 8 heteroatoms. The van der Waals surface area contributed by atoms with Crippen molar-refractivity contribution in [2.75, 3.05) is 27.3 Å². The predicted molar refractivity (Wildman–Crippen MR) is 109 cm³/mol. The molecule has 0 amide bonds. The number of aliphatic imine (C=N–C) groups is 1. The lowest BCUT2D eigenvalue weighted by Crippen LogP contribution is -2.38. The Morgan fingerprint density at radius 1 is 1.04 bits per heavy atom. The molecule has 0 fully saturated rings. The quantitative estimate of drug-likeness (QED) is 0.298. The number of ether oxygens (including phenoxy) is 2. The van der Waals surface area contributed by atoms with Crippen molar-refractivity contribution in [3.8, 4) is 11.5 Å². The van der Waals surface area contributed by atoms with Crippen molar-refractivity contribution in [1.29, 1.82) is 0 Å². The summed E-state index contributed by atoms with van der Waals surface area (Å²) in [6.45, 7) is 3.87. The smallest absolute Gasteiger partial charge is 0.269 e. The van der Waals surface area contributed by atoms with Crippen LogP contribution in [-0.4, -0.2) is 38.2 Å². The molecular formula is C20H26N4O4. The molecule has 8 nitrogen and oxygen atoms in total. The maximum absolute atomic E-state index is 10.7.